The molecule has 1 unspecified atom stereocenters. The fourth-order valence-electron chi connectivity index (χ4n) is 3.12. The third kappa shape index (κ3) is 3.74. The molecular formula is C17H28N2O. The van der Waals surface area contributed by atoms with Crippen LogP contribution in [0.2, 0.25) is 0 Å². The molecule has 0 radical (unpaired) electrons. The van der Waals surface area contributed by atoms with Gasteiger partial charge in [0.25, 0.3) is 0 Å². The van der Waals surface area contributed by atoms with E-state index < -0.39 is 0 Å². The molecule has 112 valence electrons. The molecule has 1 aliphatic rings. The van der Waals surface area contributed by atoms with E-state index in [0.29, 0.717) is 6.04 Å². The molecule has 1 aliphatic carbocycles. The van der Waals surface area contributed by atoms with Gasteiger partial charge in [0.1, 0.15) is 5.75 Å². The van der Waals surface area contributed by atoms with E-state index in [1.807, 2.05) is 13.0 Å². The second-order valence-electron chi connectivity index (χ2n) is 6.07. The van der Waals surface area contributed by atoms with Crippen molar-refractivity contribution in [1.82, 2.24) is 4.90 Å². The predicted octanol–water partition coefficient (Wildman–Crippen LogP) is 3.48. The minimum Gasteiger partial charge on any atom is -0.496 e. The molecule has 0 spiro atoms. The SMILES string of the molecule is COc1ccc(C(C)N)cc1CN(C)C1CCCCC1. The minimum atomic E-state index is 0.0691. The van der Waals surface area contributed by atoms with Crippen LogP contribution in [0, 0.1) is 0 Å². The van der Waals surface area contributed by atoms with Crippen molar-refractivity contribution in [3.8, 4) is 5.75 Å². The van der Waals surface area contributed by atoms with E-state index in [0.717, 1.165) is 12.3 Å². The van der Waals surface area contributed by atoms with Crippen molar-refractivity contribution < 1.29 is 4.74 Å². The normalized spacial score (nSPS) is 18.2. The lowest BCUT2D eigenvalue weighted by molar-refractivity contribution is 0.183. The zero-order chi connectivity index (χ0) is 14.5. The van der Waals surface area contributed by atoms with Crippen molar-refractivity contribution in [3.05, 3.63) is 29.3 Å². The molecule has 1 atom stereocenters. The highest BCUT2D eigenvalue weighted by Crippen LogP contribution is 2.27. The number of rotatable bonds is 5. The second kappa shape index (κ2) is 7.09. The Morgan fingerprint density at radius 2 is 2.00 bits per heavy atom. The molecule has 3 heteroatoms. The minimum absolute atomic E-state index is 0.0691. The van der Waals surface area contributed by atoms with Gasteiger partial charge in [0.15, 0.2) is 0 Å². The summed E-state index contributed by atoms with van der Waals surface area (Å²) in [4.78, 5) is 2.47. The van der Waals surface area contributed by atoms with E-state index in [1.54, 1.807) is 7.11 Å². The van der Waals surface area contributed by atoms with Crippen LogP contribution < -0.4 is 10.5 Å². The number of nitrogens with zero attached hydrogens (tertiary/aromatic N) is 1. The first-order chi connectivity index (χ1) is 9.61. The summed E-state index contributed by atoms with van der Waals surface area (Å²) in [6, 6.07) is 7.09. The molecule has 2 rings (SSSR count). The van der Waals surface area contributed by atoms with Crippen molar-refractivity contribution in [2.75, 3.05) is 14.2 Å². The molecular weight excluding hydrogens is 248 g/mol. The summed E-state index contributed by atoms with van der Waals surface area (Å²) in [5.74, 6) is 0.969. The van der Waals surface area contributed by atoms with Crippen LogP contribution in [-0.2, 0) is 6.54 Å². The van der Waals surface area contributed by atoms with Crippen LogP contribution in [-0.4, -0.2) is 25.1 Å². The first-order valence-corrected chi connectivity index (χ1v) is 7.74. The third-order valence-corrected chi connectivity index (χ3v) is 4.45. The monoisotopic (exact) mass is 276 g/mol. The Hall–Kier alpha value is -1.06. The molecule has 0 aromatic heterocycles. The Balaban J connectivity index is 2.11. The highest BCUT2D eigenvalue weighted by atomic mass is 16.5. The van der Waals surface area contributed by atoms with Gasteiger partial charge in [0.2, 0.25) is 0 Å². The lowest BCUT2D eigenvalue weighted by atomic mass is 9.94. The maximum atomic E-state index is 5.99. The van der Waals surface area contributed by atoms with Crippen LogP contribution >= 0.6 is 0 Å². The number of nitrogens with two attached hydrogens (primary N) is 1. The molecule has 3 nitrogen and oxygen atoms in total. The quantitative estimate of drug-likeness (QED) is 0.895. The zero-order valence-corrected chi connectivity index (χ0v) is 13.1. The van der Waals surface area contributed by atoms with Gasteiger partial charge in [-0.1, -0.05) is 25.3 Å². The fourth-order valence-corrected chi connectivity index (χ4v) is 3.12. The summed E-state index contributed by atoms with van der Waals surface area (Å²) >= 11 is 0. The number of methoxy groups -OCH3 is 1. The summed E-state index contributed by atoms with van der Waals surface area (Å²) in [6.45, 7) is 2.96. The number of hydrogen-bond acceptors (Lipinski definition) is 3. The molecule has 0 bridgehead atoms. The van der Waals surface area contributed by atoms with Crippen molar-refractivity contribution in [2.45, 2.75) is 57.7 Å². The van der Waals surface area contributed by atoms with Crippen molar-refractivity contribution in [1.29, 1.82) is 0 Å². The van der Waals surface area contributed by atoms with Crippen LogP contribution in [0.5, 0.6) is 5.75 Å². The number of hydrogen-bond donors (Lipinski definition) is 1. The van der Waals surface area contributed by atoms with E-state index >= 15 is 0 Å². The van der Waals surface area contributed by atoms with Crippen LogP contribution in [0.25, 0.3) is 0 Å². The molecule has 1 fully saturated rings. The van der Waals surface area contributed by atoms with Crippen molar-refractivity contribution >= 4 is 0 Å². The fraction of sp³-hybridized carbons (Fsp3) is 0.647. The molecule has 1 aromatic carbocycles. The van der Waals surface area contributed by atoms with Gasteiger partial charge in [-0.05, 0) is 44.5 Å². The van der Waals surface area contributed by atoms with E-state index in [2.05, 4.69) is 24.1 Å². The first-order valence-electron chi connectivity index (χ1n) is 7.74. The Morgan fingerprint density at radius 3 is 2.60 bits per heavy atom. The predicted molar refractivity (Wildman–Crippen MR) is 83.9 cm³/mol. The summed E-state index contributed by atoms with van der Waals surface area (Å²) < 4.78 is 5.50. The standard InChI is InChI=1S/C17H28N2O/c1-13(18)14-9-10-17(20-3)15(11-14)12-19(2)16-7-5-4-6-8-16/h9-11,13,16H,4-8,12,18H2,1-3H3. The molecule has 0 amide bonds. The van der Waals surface area contributed by atoms with Crippen LogP contribution in [0.1, 0.15) is 56.2 Å². The average molecular weight is 276 g/mol. The average Bonchev–Trinajstić information content (AvgIpc) is 2.48. The molecule has 0 saturated heterocycles. The number of benzene rings is 1. The van der Waals surface area contributed by atoms with E-state index in [9.17, 15) is 0 Å². The van der Waals surface area contributed by atoms with Gasteiger partial charge in [0.05, 0.1) is 7.11 Å². The summed E-state index contributed by atoms with van der Waals surface area (Å²) in [6.07, 6.45) is 6.78. The Labute approximate surface area is 123 Å². The highest BCUT2D eigenvalue weighted by Gasteiger charge is 2.19. The third-order valence-electron chi connectivity index (χ3n) is 4.45. The van der Waals surface area contributed by atoms with Gasteiger partial charge in [-0.3, -0.25) is 4.90 Å². The second-order valence-corrected chi connectivity index (χ2v) is 6.07. The smallest absolute Gasteiger partial charge is 0.123 e. The van der Waals surface area contributed by atoms with Crippen molar-refractivity contribution in [2.24, 2.45) is 5.73 Å². The van der Waals surface area contributed by atoms with Crippen LogP contribution in [0.15, 0.2) is 18.2 Å². The molecule has 2 N–H and O–H groups in total. The molecule has 20 heavy (non-hydrogen) atoms. The summed E-state index contributed by atoms with van der Waals surface area (Å²) in [5.41, 5.74) is 8.42. The topological polar surface area (TPSA) is 38.5 Å². The first kappa shape index (κ1) is 15.3. The van der Waals surface area contributed by atoms with Gasteiger partial charge in [-0.25, -0.2) is 0 Å². The van der Waals surface area contributed by atoms with Gasteiger partial charge in [-0.15, -0.1) is 0 Å². The lowest BCUT2D eigenvalue weighted by Gasteiger charge is -2.31. The molecule has 1 saturated carbocycles. The van der Waals surface area contributed by atoms with Gasteiger partial charge in [-0.2, -0.15) is 0 Å². The summed E-state index contributed by atoms with van der Waals surface area (Å²) in [5, 5.41) is 0. The Kier molecular flexibility index (Phi) is 5.44. The molecule has 0 heterocycles. The molecule has 1 aromatic rings. The lowest BCUT2D eigenvalue weighted by Crippen LogP contribution is -2.33. The highest BCUT2D eigenvalue weighted by molar-refractivity contribution is 5.38. The van der Waals surface area contributed by atoms with Crippen molar-refractivity contribution in [3.63, 3.8) is 0 Å². The largest absolute Gasteiger partial charge is 0.496 e. The van der Waals surface area contributed by atoms with Gasteiger partial charge < -0.3 is 10.5 Å². The van der Waals surface area contributed by atoms with Gasteiger partial charge in [0, 0.05) is 24.2 Å². The summed E-state index contributed by atoms with van der Waals surface area (Å²) in [7, 11) is 3.97. The van der Waals surface area contributed by atoms with E-state index in [1.165, 1.54) is 43.2 Å². The Morgan fingerprint density at radius 1 is 1.30 bits per heavy atom. The van der Waals surface area contributed by atoms with Crippen LogP contribution in [0.3, 0.4) is 0 Å². The van der Waals surface area contributed by atoms with Gasteiger partial charge >= 0.3 is 0 Å². The molecule has 0 aliphatic heterocycles. The Bertz CT molecular complexity index is 425. The van der Waals surface area contributed by atoms with Crippen LogP contribution in [0.4, 0.5) is 0 Å². The van der Waals surface area contributed by atoms with E-state index in [4.69, 9.17) is 10.5 Å². The number of ether oxygens (including phenoxy) is 1. The maximum Gasteiger partial charge on any atom is 0.123 e. The zero-order valence-electron chi connectivity index (χ0n) is 13.1. The maximum absolute atomic E-state index is 5.99. The van der Waals surface area contributed by atoms with E-state index in [-0.39, 0.29) is 6.04 Å².